The Morgan fingerprint density at radius 3 is 2.45 bits per heavy atom. The third kappa shape index (κ3) is 3.11. The molecule has 0 fully saturated rings. The molecule has 2 aromatic rings. The number of hydrogen-bond acceptors (Lipinski definition) is 2. The van der Waals surface area contributed by atoms with Gasteiger partial charge in [-0.15, -0.1) is 0 Å². The van der Waals surface area contributed by atoms with Crippen LogP contribution in [0.3, 0.4) is 0 Å². The summed E-state index contributed by atoms with van der Waals surface area (Å²) in [6.07, 6.45) is -1.07. The van der Waals surface area contributed by atoms with Crippen LogP contribution in [0.15, 0.2) is 36.4 Å². The Balaban J connectivity index is 2.08. The summed E-state index contributed by atoms with van der Waals surface area (Å²) in [5.74, 6) is -2.43. The molecule has 5 heteroatoms. The normalized spacial score (nSPS) is 12.2. The topological polar surface area (TPSA) is 32.3 Å². The Morgan fingerprint density at radius 1 is 1.05 bits per heavy atom. The predicted molar refractivity (Wildman–Crippen MR) is 70.9 cm³/mol. The van der Waals surface area contributed by atoms with Gasteiger partial charge in [0.2, 0.25) is 0 Å². The summed E-state index contributed by atoms with van der Waals surface area (Å²) in [5, 5.41) is 12.7. The van der Waals surface area contributed by atoms with Gasteiger partial charge in [0.1, 0.15) is 5.82 Å². The number of para-hydroxylation sites is 1. The zero-order valence-electron chi connectivity index (χ0n) is 10.8. The van der Waals surface area contributed by atoms with Crippen LogP contribution in [0.4, 0.5) is 18.9 Å². The number of hydrogen-bond donors (Lipinski definition) is 2. The van der Waals surface area contributed by atoms with Crippen molar-refractivity contribution < 1.29 is 18.3 Å². The van der Waals surface area contributed by atoms with Gasteiger partial charge in [-0.3, -0.25) is 0 Å². The van der Waals surface area contributed by atoms with Crippen LogP contribution in [0.2, 0.25) is 0 Å². The lowest BCUT2D eigenvalue weighted by molar-refractivity contribution is 0.191. The molecule has 2 nitrogen and oxygen atoms in total. The molecule has 20 heavy (non-hydrogen) atoms. The maximum Gasteiger partial charge on any atom is 0.159 e. The molecule has 0 aliphatic rings. The minimum Gasteiger partial charge on any atom is -0.387 e. The predicted octanol–water partition coefficient (Wildman–Crippen LogP) is 3.56. The molecular formula is C15H14F3NO. The van der Waals surface area contributed by atoms with E-state index in [0.29, 0.717) is 5.56 Å². The molecule has 0 radical (unpaired) electrons. The van der Waals surface area contributed by atoms with Gasteiger partial charge in [0.05, 0.1) is 11.8 Å². The van der Waals surface area contributed by atoms with Crippen molar-refractivity contribution in [2.75, 3.05) is 11.9 Å². The largest absolute Gasteiger partial charge is 0.387 e. The van der Waals surface area contributed by atoms with Crippen LogP contribution < -0.4 is 5.32 Å². The zero-order valence-corrected chi connectivity index (χ0v) is 10.8. The van der Waals surface area contributed by atoms with Crippen molar-refractivity contribution in [3.05, 3.63) is 65.0 Å². The van der Waals surface area contributed by atoms with E-state index in [1.54, 1.807) is 19.1 Å². The monoisotopic (exact) mass is 281 g/mol. The van der Waals surface area contributed by atoms with Crippen LogP contribution in [0.1, 0.15) is 17.2 Å². The lowest BCUT2D eigenvalue weighted by Crippen LogP contribution is -2.14. The molecule has 0 aliphatic carbocycles. The zero-order chi connectivity index (χ0) is 14.7. The van der Waals surface area contributed by atoms with E-state index in [-0.39, 0.29) is 17.8 Å². The van der Waals surface area contributed by atoms with Crippen molar-refractivity contribution in [1.82, 2.24) is 0 Å². The molecule has 106 valence electrons. The summed E-state index contributed by atoms with van der Waals surface area (Å²) in [5.41, 5.74) is 1.21. The minimum atomic E-state index is -1.07. The molecule has 0 spiro atoms. The second kappa shape index (κ2) is 5.96. The highest BCUT2D eigenvalue weighted by molar-refractivity contribution is 5.51. The van der Waals surface area contributed by atoms with E-state index in [1.165, 1.54) is 12.1 Å². The highest BCUT2D eigenvalue weighted by atomic mass is 19.2. The van der Waals surface area contributed by atoms with Crippen molar-refractivity contribution in [3.63, 3.8) is 0 Å². The van der Waals surface area contributed by atoms with E-state index < -0.39 is 23.6 Å². The van der Waals surface area contributed by atoms with E-state index in [2.05, 4.69) is 5.32 Å². The maximum absolute atomic E-state index is 13.6. The van der Waals surface area contributed by atoms with Crippen LogP contribution in [-0.2, 0) is 0 Å². The first-order valence-corrected chi connectivity index (χ1v) is 6.11. The molecule has 0 aromatic heterocycles. The van der Waals surface area contributed by atoms with Crippen molar-refractivity contribution in [2.45, 2.75) is 13.0 Å². The average Bonchev–Trinajstić information content (AvgIpc) is 2.41. The summed E-state index contributed by atoms with van der Waals surface area (Å²) in [6.45, 7) is 1.72. The van der Waals surface area contributed by atoms with Crippen LogP contribution in [-0.4, -0.2) is 11.7 Å². The fourth-order valence-electron chi connectivity index (χ4n) is 1.89. The summed E-state index contributed by atoms with van der Waals surface area (Å²) in [7, 11) is 0. The Hall–Kier alpha value is -2.01. The molecular weight excluding hydrogens is 267 g/mol. The number of aliphatic hydroxyl groups excluding tert-OH is 1. The first-order chi connectivity index (χ1) is 9.49. The molecule has 0 aliphatic heterocycles. The number of aliphatic hydroxyl groups is 1. The Kier molecular flexibility index (Phi) is 4.29. The molecule has 0 heterocycles. The van der Waals surface area contributed by atoms with E-state index in [0.717, 1.165) is 12.1 Å². The first kappa shape index (κ1) is 14.4. The summed E-state index contributed by atoms with van der Waals surface area (Å²) in [4.78, 5) is 0. The minimum absolute atomic E-state index is 0.00710. The number of benzene rings is 2. The smallest absolute Gasteiger partial charge is 0.159 e. The summed E-state index contributed by atoms with van der Waals surface area (Å²) in [6, 6.07) is 7.79. The van der Waals surface area contributed by atoms with Gasteiger partial charge in [-0.1, -0.05) is 18.2 Å². The Bertz CT molecular complexity index is 596. The Labute approximate surface area is 114 Å². The quantitative estimate of drug-likeness (QED) is 0.898. The number of halogens is 3. The SMILES string of the molecule is Cc1cccc(F)c1NCC(O)c1ccc(F)c(F)c1. The molecule has 0 amide bonds. The van der Waals surface area contributed by atoms with Crippen molar-refractivity contribution in [2.24, 2.45) is 0 Å². The molecule has 1 unspecified atom stereocenters. The van der Waals surface area contributed by atoms with E-state index in [4.69, 9.17) is 0 Å². The van der Waals surface area contributed by atoms with Gasteiger partial charge >= 0.3 is 0 Å². The molecule has 0 bridgehead atoms. The molecule has 2 aromatic carbocycles. The first-order valence-electron chi connectivity index (χ1n) is 6.11. The van der Waals surface area contributed by atoms with Crippen LogP contribution >= 0.6 is 0 Å². The lowest BCUT2D eigenvalue weighted by Gasteiger charge is -2.15. The maximum atomic E-state index is 13.6. The molecule has 0 saturated carbocycles. The van der Waals surface area contributed by atoms with Crippen LogP contribution in [0.25, 0.3) is 0 Å². The van der Waals surface area contributed by atoms with Gasteiger partial charge in [-0.2, -0.15) is 0 Å². The fraction of sp³-hybridized carbons (Fsp3) is 0.200. The Morgan fingerprint density at radius 2 is 1.80 bits per heavy atom. The van der Waals surface area contributed by atoms with Gasteiger partial charge in [0.15, 0.2) is 11.6 Å². The number of rotatable bonds is 4. The third-order valence-electron chi connectivity index (χ3n) is 3.02. The standard InChI is InChI=1S/C15H14F3NO/c1-9-3-2-4-12(17)15(9)19-8-14(20)10-5-6-11(16)13(18)7-10/h2-7,14,19-20H,8H2,1H3. The van der Waals surface area contributed by atoms with Gasteiger partial charge in [0, 0.05) is 6.54 Å². The molecule has 1 atom stereocenters. The van der Waals surface area contributed by atoms with Crippen LogP contribution in [0.5, 0.6) is 0 Å². The highest BCUT2D eigenvalue weighted by Crippen LogP contribution is 2.21. The van der Waals surface area contributed by atoms with Crippen molar-refractivity contribution in [3.8, 4) is 0 Å². The molecule has 0 saturated heterocycles. The number of nitrogens with one attached hydrogen (secondary N) is 1. The number of anilines is 1. The second-order valence-electron chi connectivity index (χ2n) is 4.50. The lowest BCUT2D eigenvalue weighted by atomic mass is 10.1. The van der Waals surface area contributed by atoms with Crippen molar-refractivity contribution >= 4 is 5.69 Å². The van der Waals surface area contributed by atoms with Crippen molar-refractivity contribution in [1.29, 1.82) is 0 Å². The second-order valence-corrected chi connectivity index (χ2v) is 4.50. The van der Waals surface area contributed by atoms with E-state index in [9.17, 15) is 18.3 Å². The van der Waals surface area contributed by atoms with Gasteiger partial charge in [-0.05, 0) is 36.2 Å². The number of aryl methyl sites for hydroxylation is 1. The molecule has 2 N–H and O–H groups in total. The van der Waals surface area contributed by atoms with Gasteiger partial charge < -0.3 is 10.4 Å². The fourth-order valence-corrected chi connectivity index (χ4v) is 1.89. The third-order valence-corrected chi connectivity index (χ3v) is 3.02. The highest BCUT2D eigenvalue weighted by Gasteiger charge is 2.12. The molecule has 2 rings (SSSR count). The summed E-state index contributed by atoms with van der Waals surface area (Å²) < 4.78 is 39.4. The van der Waals surface area contributed by atoms with E-state index in [1.807, 2.05) is 0 Å². The average molecular weight is 281 g/mol. The summed E-state index contributed by atoms with van der Waals surface area (Å²) >= 11 is 0. The van der Waals surface area contributed by atoms with E-state index >= 15 is 0 Å². The van der Waals surface area contributed by atoms with Crippen LogP contribution in [0, 0.1) is 24.4 Å². The van der Waals surface area contributed by atoms with Gasteiger partial charge in [0.25, 0.3) is 0 Å². The van der Waals surface area contributed by atoms with Gasteiger partial charge in [-0.25, -0.2) is 13.2 Å².